The second kappa shape index (κ2) is 5.96. The van der Waals surface area contributed by atoms with E-state index in [0.717, 1.165) is 12.3 Å². The zero-order valence-corrected chi connectivity index (χ0v) is 11.9. The molecule has 0 aliphatic rings. The number of aromatic nitrogens is 1. The van der Waals surface area contributed by atoms with Gasteiger partial charge in [0.05, 0.1) is 18.4 Å². The van der Waals surface area contributed by atoms with Crippen LogP contribution in [0.15, 0.2) is 34.9 Å². The smallest absolute Gasteiger partial charge is 0.258 e. The van der Waals surface area contributed by atoms with Crippen LogP contribution in [0.2, 0.25) is 0 Å². The first-order chi connectivity index (χ1) is 9.52. The topological polar surface area (TPSA) is 51.2 Å². The van der Waals surface area contributed by atoms with Crippen molar-refractivity contribution in [3.63, 3.8) is 0 Å². The van der Waals surface area contributed by atoms with E-state index in [4.69, 9.17) is 4.74 Å². The molecule has 1 heterocycles. The summed E-state index contributed by atoms with van der Waals surface area (Å²) in [5, 5.41) is 2.46. The number of benzene rings is 1. The number of hydrogen-bond donors (Lipinski definition) is 1. The van der Waals surface area contributed by atoms with Crippen molar-refractivity contribution < 1.29 is 18.3 Å². The van der Waals surface area contributed by atoms with Gasteiger partial charge in [-0.15, -0.1) is 0 Å². The quantitative estimate of drug-likeness (QED) is 0.870. The number of carbonyl (C=O) groups is 1. The van der Waals surface area contributed by atoms with Crippen molar-refractivity contribution in [1.82, 2.24) is 4.98 Å². The Morgan fingerprint density at radius 2 is 2.10 bits per heavy atom. The van der Waals surface area contributed by atoms with Gasteiger partial charge in [-0.3, -0.25) is 4.79 Å². The molecule has 1 amide bonds. The normalized spacial score (nSPS) is 10.2. The maximum absolute atomic E-state index is 13.5. The number of carbonyl (C=O) groups excluding carboxylic acids is 1. The van der Waals surface area contributed by atoms with E-state index in [1.807, 2.05) is 0 Å². The van der Waals surface area contributed by atoms with Crippen molar-refractivity contribution in [2.75, 3.05) is 12.4 Å². The van der Waals surface area contributed by atoms with Crippen molar-refractivity contribution in [3.05, 3.63) is 52.3 Å². The van der Waals surface area contributed by atoms with Gasteiger partial charge in [0.25, 0.3) is 5.91 Å². The lowest BCUT2D eigenvalue weighted by molar-refractivity contribution is 0.102. The summed E-state index contributed by atoms with van der Waals surface area (Å²) in [6.45, 7) is 0. The molecule has 7 heteroatoms. The highest BCUT2D eigenvalue weighted by Crippen LogP contribution is 2.28. The minimum absolute atomic E-state index is 0.337. The van der Waals surface area contributed by atoms with E-state index in [2.05, 4.69) is 26.2 Å². The molecule has 0 unspecified atom stereocenters. The highest BCUT2D eigenvalue weighted by atomic mass is 79.9. The first kappa shape index (κ1) is 14.4. The maximum atomic E-state index is 13.5. The summed E-state index contributed by atoms with van der Waals surface area (Å²) in [4.78, 5) is 15.1. The van der Waals surface area contributed by atoms with Crippen LogP contribution in [0, 0.1) is 11.8 Å². The van der Waals surface area contributed by atoms with Gasteiger partial charge in [-0.1, -0.05) is 15.9 Å². The number of methoxy groups -OCH3 is 1. The van der Waals surface area contributed by atoms with E-state index in [0.29, 0.717) is 15.9 Å². The predicted molar refractivity (Wildman–Crippen MR) is 72.8 cm³/mol. The van der Waals surface area contributed by atoms with Gasteiger partial charge in [-0.25, -0.2) is 9.37 Å². The van der Waals surface area contributed by atoms with Gasteiger partial charge in [0, 0.05) is 10.7 Å². The SMILES string of the molecule is COc1ccc(Br)cc1NC(=O)c1ccnc(F)c1F. The third-order valence-corrected chi connectivity index (χ3v) is 2.99. The van der Waals surface area contributed by atoms with Gasteiger partial charge in [0.2, 0.25) is 5.95 Å². The molecule has 1 N–H and O–H groups in total. The summed E-state index contributed by atoms with van der Waals surface area (Å²) in [5.41, 5.74) is -0.0944. The molecule has 0 spiro atoms. The Kier molecular flexibility index (Phi) is 4.29. The zero-order chi connectivity index (χ0) is 14.7. The third-order valence-electron chi connectivity index (χ3n) is 2.50. The number of anilines is 1. The Balaban J connectivity index is 2.32. The molecule has 2 aromatic rings. The average molecular weight is 343 g/mol. The van der Waals surface area contributed by atoms with Crippen molar-refractivity contribution in [1.29, 1.82) is 0 Å². The van der Waals surface area contributed by atoms with E-state index >= 15 is 0 Å². The Bertz CT molecular complexity index is 665. The van der Waals surface area contributed by atoms with Crippen LogP contribution < -0.4 is 10.1 Å². The summed E-state index contributed by atoms with van der Waals surface area (Å²) >= 11 is 3.25. The number of rotatable bonds is 3. The van der Waals surface area contributed by atoms with Crippen LogP contribution >= 0.6 is 15.9 Å². The fraction of sp³-hybridized carbons (Fsp3) is 0.0769. The minimum Gasteiger partial charge on any atom is -0.495 e. The molecule has 2 rings (SSSR count). The van der Waals surface area contributed by atoms with Crippen LogP contribution in [-0.2, 0) is 0 Å². The number of nitrogens with zero attached hydrogens (tertiary/aromatic N) is 1. The number of pyridine rings is 1. The molecule has 0 aliphatic heterocycles. The van der Waals surface area contributed by atoms with E-state index in [9.17, 15) is 13.6 Å². The Morgan fingerprint density at radius 1 is 1.35 bits per heavy atom. The summed E-state index contributed by atoms with van der Waals surface area (Å²) in [7, 11) is 1.44. The second-order valence-corrected chi connectivity index (χ2v) is 4.68. The van der Waals surface area contributed by atoms with Crippen molar-refractivity contribution in [2.45, 2.75) is 0 Å². The number of nitrogens with one attached hydrogen (secondary N) is 1. The second-order valence-electron chi connectivity index (χ2n) is 3.76. The fourth-order valence-electron chi connectivity index (χ4n) is 1.56. The molecule has 1 aromatic carbocycles. The molecule has 0 saturated carbocycles. The van der Waals surface area contributed by atoms with Crippen molar-refractivity contribution in [3.8, 4) is 5.75 Å². The van der Waals surface area contributed by atoms with Crippen LogP contribution in [0.4, 0.5) is 14.5 Å². The monoisotopic (exact) mass is 342 g/mol. The largest absolute Gasteiger partial charge is 0.495 e. The van der Waals surface area contributed by atoms with Crippen molar-refractivity contribution >= 4 is 27.5 Å². The van der Waals surface area contributed by atoms with Crippen LogP contribution in [0.25, 0.3) is 0 Å². The lowest BCUT2D eigenvalue weighted by atomic mass is 10.2. The van der Waals surface area contributed by atoms with Gasteiger partial charge in [0.1, 0.15) is 5.75 Å². The predicted octanol–water partition coefficient (Wildman–Crippen LogP) is 3.38. The van der Waals surface area contributed by atoms with Gasteiger partial charge in [-0.05, 0) is 24.3 Å². The molecule has 0 fully saturated rings. The lowest BCUT2D eigenvalue weighted by Crippen LogP contribution is -2.15. The molecule has 1 aromatic heterocycles. The first-order valence-electron chi connectivity index (χ1n) is 5.48. The molecular weight excluding hydrogens is 334 g/mol. The lowest BCUT2D eigenvalue weighted by Gasteiger charge is -2.11. The average Bonchev–Trinajstić information content (AvgIpc) is 2.42. The van der Waals surface area contributed by atoms with Gasteiger partial charge >= 0.3 is 0 Å². The Morgan fingerprint density at radius 3 is 2.80 bits per heavy atom. The Hall–Kier alpha value is -2.02. The van der Waals surface area contributed by atoms with Crippen LogP contribution in [-0.4, -0.2) is 18.0 Å². The number of hydrogen-bond acceptors (Lipinski definition) is 3. The molecule has 104 valence electrons. The Labute approximate surface area is 121 Å². The van der Waals surface area contributed by atoms with Crippen LogP contribution in [0.3, 0.4) is 0 Å². The maximum Gasteiger partial charge on any atom is 0.258 e. The molecule has 0 bridgehead atoms. The van der Waals surface area contributed by atoms with E-state index in [1.54, 1.807) is 18.2 Å². The van der Waals surface area contributed by atoms with Crippen LogP contribution in [0.1, 0.15) is 10.4 Å². The van der Waals surface area contributed by atoms with Crippen molar-refractivity contribution in [2.24, 2.45) is 0 Å². The number of ether oxygens (including phenoxy) is 1. The van der Waals surface area contributed by atoms with E-state index in [1.165, 1.54) is 7.11 Å². The van der Waals surface area contributed by atoms with Gasteiger partial charge in [0.15, 0.2) is 5.82 Å². The zero-order valence-electron chi connectivity index (χ0n) is 10.3. The molecule has 0 radical (unpaired) electrons. The highest BCUT2D eigenvalue weighted by molar-refractivity contribution is 9.10. The molecule has 0 aliphatic carbocycles. The summed E-state index contributed by atoms with van der Waals surface area (Å²) in [5.74, 6) is -3.01. The van der Waals surface area contributed by atoms with E-state index in [-0.39, 0.29) is 0 Å². The molecule has 4 nitrogen and oxygen atoms in total. The highest BCUT2D eigenvalue weighted by Gasteiger charge is 2.17. The minimum atomic E-state index is -1.32. The third kappa shape index (κ3) is 2.93. The van der Waals surface area contributed by atoms with Gasteiger partial charge in [-0.2, -0.15) is 4.39 Å². The van der Waals surface area contributed by atoms with Gasteiger partial charge < -0.3 is 10.1 Å². The van der Waals surface area contributed by atoms with Crippen LogP contribution in [0.5, 0.6) is 5.75 Å². The fourth-order valence-corrected chi connectivity index (χ4v) is 1.92. The number of amides is 1. The standard InChI is InChI=1S/C13H9BrF2N2O2/c1-20-10-3-2-7(14)6-9(10)18-13(19)8-4-5-17-12(16)11(8)15/h2-6H,1H3,(H,18,19). The molecule has 20 heavy (non-hydrogen) atoms. The molecular formula is C13H9BrF2N2O2. The molecule has 0 atom stereocenters. The van der Waals surface area contributed by atoms with E-state index < -0.39 is 23.2 Å². The summed E-state index contributed by atoms with van der Waals surface area (Å²) in [6.07, 6.45) is 1.02. The molecule has 0 saturated heterocycles. The first-order valence-corrected chi connectivity index (χ1v) is 6.27. The number of halogens is 3. The summed E-state index contributed by atoms with van der Waals surface area (Å²) < 4.78 is 32.2. The summed E-state index contributed by atoms with van der Waals surface area (Å²) in [6, 6.07) is 6.04.